The van der Waals surface area contributed by atoms with Crippen molar-refractivity contribution in [3.63, 3.8) is 0 Å². The highest BCUT2D eigenvalue weighted by Crippen LogP contribution is 2.39. The summed E-state index contributed by atoms with van der Waals surface area (Å²) >= 11 is 0. The van der Waals surface area contributed by atoms with Gasteiger partial charge in [-0.25, -0.2) is 0 Å². The molecule has 3 rings (SSSR count). The van der Waals surface area contributed by atoms with Crippen molar-refractivity contribution in [2.24, 2.45) is 0 Å². The lowest BCUT2D eigenvalue weighted by Crippen LogP contribution is -2.11. The Morgan fingerprint density at radius 2 is 1.11 bits per heavy atom. The van der Waals surface area contributed by atoms with Crippen molar-refractivity contribution < 1.29 is 0 Å². The fourth-order valence-electron chi connectivity index (χ4n) is 4.38. The Morgan fingerprint density at radius 3 is 1.53 bits per heavy atom. The van der Waals surface area contributed by atoms with Crippen molar-refractivity contribution in [1.29, 1.82) is 0 Å². The minimum absolute atomic E-state index is 0.859. The van der Waals surface area contributed by atoms with Gasteiger partial charge in [-0.2, -0.15) is 0 Å². The van der Waals surface area contributed by atoms with E-state index in [-0.39, 0.29) is 0 Å². The third kappa shape index (κ3) is 2.88. The molecule has 0 radical (unpaired) electrons. The van der Waals surface area contributed by atoms with Crippen LogP contribution in [0.15, 0.2) is 18.2 Å². The van der Waals surface area contributed by atoms with E-state index in [1.54, 1.807) is 16.7 Å². The molecule has 2 aliphatic carbocycles. The second-order valence-corrected chi connectivity index (χ2v) is 6.73. The van der Waals surface area contributed by atoms with E-state index >= 15 is 0 Å². The fraction of sp³-hybridized carbons (Fsp3) is 0.684. The van der Waals surface area contributed by atoms with E-state index in [0.29, 0.717) is 0 Å². The Morgan fingerprint density at radius 1 is 0.684 bits per heavy atom. The molecule has 0 saturated heterocycles. The zero-order valence-corrected chi connectivity index (χ0v) is 12.5. The molecule has 0 atom stereocenters. The maximum atomic E-state index is 2.41. The maximum absolute atomic E-state index is 2.41. The van der Waals surface area contributed by atoms with Crippen LogP contribution in [0.5, 0.6) is 0 Å². The zero-order valence-electron chi connectivity index (χ0n) is 12.5. The van der Waals surface area contributed by atoms with Gasteiger partial charge in [-0.1, -0.05) is 56.7 Å². The number of hydrogen-bond donors (Lipinski definition) is 0. The predicted molar refractivity (Wildman–Crippen MR) is 82.8 cm³/mol. The number of benzene rings is 1. The van der Waals surface area contributed by atoms with Crippen molar-refractivity contribution in [3.8, 4) is 0 Å². The summed E-state index contributed by atoms with van der Waals surface area (Å²) in [4.78, 5) is 0. The molecule has 0 heteroatoms. The Labute approximate surface area is 118 Å². The topological polar surface area (TPSA) is 0 Å². The Balaban J connectivity index is 1.84. The molecule has 0 N–H and O–H groups in total. The summed E-state index contributed by atoms with van der Waals surface area (Å²) in [6.07, 6.45) is 14.4. The Kier molecular flexibility index (Phi) is 4.25. The van der Waals surface area contributed by atoms with E-state index in [1.165, 1.54) is 64.2 Å². The molecular formula is C19H28. The molecule has 2 fully saturated rings. The van der Waals surface area contributed by atoms with Gasteiger partial charge in [0.05, 0.1) is 0 Å². The lowest BCUT2D eigenvalue weighted by molar-refractivity contribution is 0.433. The summed E-state index contributed by atoms with van der Waals surface area (Å²) in [5.74, 6) is 1.72. The lowest BCUT2D eigenvalue weighted by atomic mass is 9.77. The minimum atomic E-state index is 0.859. The first-order valence-corrected chi connectivity index (χ1v) is 8.45. The van der Waals surface area contributed by atoms with Crippen molar-refractivity contribution in [3.05, 3.63) is 34.9 Å². The summed E-state index contributed by atoms with van der Waals surface area (Å²) in [7, 11) is 0. The average Bonchev–Trinajstić information content (AvgIpc) is 2.49. The van der Waals surface area contributed by atoms with Gasteiger partial charge in [-0.05, 0) is 61.1 Å². The maximum Gasteiger partial charge on any atom is -0.0159 e. The smallest absolute Gasteiger partial charge is 0.0159 e. The van der Waals surface area contributed by atoms with Crippen LogP contribution in [0.4, 0.5) is 0 Å². The highest BCUT2D eigenvalue weighted by molar-refractivity contribution is 5.39. The average molecular weight is 256 g/mol. The van der Waals surface area contributed by atoms with E-state index in [1.807, 2.05) is 0 Å². The molecule has 0 spiro atoms. The highest BCUT2D eigenvalue weighted by atomic mass is 14.3. The van der Waals surface area contributed by atoms with Gasteiger partial charge in [0, 0.05) is 0 Å². The molecular weight excluding hydrogens is 228 g/mol. The van der Waals surface area contributed by atoms with E-state index in [4.69, 9.17) is 0 Å². The molecule has 0 unspecified atom stereocenters. The van der Waals surface area contributed by atoms with Gasteiger partial charge in [-0.3, -0.25) is 0 Å². The second-order valence-electron chi connectivity index (χ2n) is 6.73. The van der Waals surface area contributed by atoms with Crippen LogP contribution in [0.25, 0.3) is 0 Å². The van der Waals surface area contributed by atoms with Crippen LogP contribution in [0.1, 0.15) is 92.7 Å². The second kappa shape index (κ2) is 6.11. The van der Waals surface area contributed by atoms with Crippen molar-refractivity contribution in [2.75, 3.05) is 0 Å². The number of hydrogen-bond acceptors (Lipinski definition) is 0. The standard InChI is InChI=1S/C19H28/c1-15-18(16-9-4-2-5-10-16)13-8-14-19(15)17-11-6-3-7-12-17/h8,13-14,16-17H,2-7,9-12H2,1H3. The van der Waals surface area contributed by atoms with Crippen LogP contribution in [0.3, 0.4) is 0 Å². The van der Waals surface area contributed by atoms with Gasteiger partial charge in [-0.15, -0.1) is 0 Å². The first kappa shape index (κ1) is 13.2. The SMILES string of the molecule is Cc1c(C2CCCCC2)cccc1C1CCCCC1. The van der Waals surface area contributed by atoms with Crippen LogP contribution in [0.2, 0.25) is 0 Å². The molecule has 1 aromatic carbocycles. The summed E-state index contributed by atoms with van der Waals surface area (Å²) < 4.78 is 0. The van der Waals surface area contributed by atoms with Crippen LogP contribution >= 0.6 is 0 Å². The molecule has 2 saturated carbocycles. The summed E-state index contributed by atoms with van der Waals surface area (Å²) in [5, 5.41) is 0. The Bertz CT molecular complexity index is 370. The number of rotatable bonds is 2. The molecule has 104 valence electrons. The van der Waals surface area contributed by atoms with E-state index < -0.39 is 0 Å². The van der Waals surface area contributed by atoms with E-state index in [9.17, 15) is 0 Å². The van der Waals surface area contributed by atoms with Crippen LogP contribution < -0.4 is 0 Å². The quantitative estimate of drug-likeness (QED) is 0.600. The third-order valence-electron chi connectivity index (χ3n) is 5.51. The molecule has 0 bridgehead atoms. The highest BCUT2D eigenvalue weighted by Gasteiger charge is 2.22. The first-order valence-electron chi connectivity index (χ1n) is 8.45. The van der Waals surface area contributed by atoms with Crippen molar-refractivity contribution >= 4 is 0 Å². The minimum Gasteiger partial charge on any atom is -0.0617 e. The van der Waals surface area contributed by atoms with Gasteiger partial charge in [0.2, 0.25) is 0 Å². The third-order valence-corrected chi connectivity index (χ3v) is 5.51. The van der Waals surface area contributed by atoms with Gasteiger partial charge >= 0.3 is 0 Å². The fourth-order valence-corrected chi connectivity index (χ4v) is 4.38. The predicted octanol–water partition coefficient (Wildman–Crippen LogP) is 6.09. The molecule has 19 heavy (non-hydrogen) atoms. The van der Waals surface area contributed by atoms with Gasteiger partial charge < -0.3 is 0 Å². The van der Waals surface area contributed by atoms with Crippen LogP contribution in [0, 0.1) is 6.92 Å². The molecule has 0 heterocycles. The molecule has 1 aromatic rings. The molecule has 0 nitrogen and oxygen atoms in total. The van der Waals surface area contributed by atoms with Gasteiger partial charge in [0.15, 0.2) is 0 Å². The lowest BCUT2D eigenvalue weighted by Gasteiger charge is -2.28. The van der Waals surface area contributed by atoms with E-state index in [2.05, 4.69) is 25.1 Å². The summed E-state index contributed by atoms with van der Waals surface area (Å²) in [6.45, 7) is 2.40. The van der Waals surface area contributed by atoms with Crippen molar-refractivity contribution in [2.45, 2.75) is 83.0 Å². The molecule has 0 amide bonds. The molecule has 2 aliphatic rings. The van der Waals surface area contributed by atoms with Crippen LogP contribution in [-0.4, -0.2) is 0 Å². The van der Waals surface area contributed by atoms with Gasteiger partial charge in [0.1, 0.15) is 0 Å². The monoisotopic (exact) mass is 256 g/mol. The Hall–Kier alpha value is -0.780. The van der Waals surface area contributed by atoms with Crippen molar-refractivity contribution in [1.82, 2.24) is 0 Å². The van der Waals surface area contributed by atoms with Crippen LogP contribution in [-0.2, 0) is 0 Å². The zero-order chi connectivity index (χ0) is 13.1. The first-order chi connectivity index (χ1) is 9.36. The largest absolute Gasteiger partial charge is 0.0617 e. The molecule has 0 aliphatic heterocycles. The summed E-state index contributed by atoms with van der Waals surface area (Å²) in [6, 6.07) is 7.16. The summed E-state index contributed by atoms with van der Waals surface area (Å²) in [5.41, 5.74) is 5.01. The normalized spacial score (nSPS) is 22.6. The molecule has 0 aromatic heterocycles. The van der Waals surface area contributed by atoms with E-state index in [0.717, 1.165) is 11.8 Å². The van der Waals surface area contributed by atoms with Gasteiger partial charge in [0.25, 0.3) is 0 Å².